The van der Waals surface area contributed by atoms with Crippen LogP contribution in [-0.2, 0) is 6.42 Å². The van der Waals surface area contributed by atoms with Gasteiger partial charge >= 0.3 is 0 Å². The number of nitrogens with zero attached hydrogens (tertiary/aromatic N) is 1. The summed E-state index contributed by atoms with van der Waals surface area (Å²) in [5, 5.41) is 7.05. The van der Waals surface area contributed by atoms with Crippen molar-refractivity contribution < 1.29 is 4.79 Å². The van der Waals surface area contributed by atoms with Gasteiger partial charge in [0.2, 0.25) is 0 Å². The van der Waals surface area contributed by atoms with Crippen molar-refractivity contribution in [1.82, 2.24) is 10.3 Å². The molecule has 1 heterocycles. The van der Waals surface area contributed by atoms with Crippen LogP contribution in [0.4, 0.5) is 5.69 Å². The molecule has 5 heteroatoms. The first-order valence-electron chi connectivity index (χ1n) is 8.91. The van der Waals surface area contributed by atoms with E-state index in [0.29, 0.717) is 5.56 Å². The number of hydrogen-bond acceptors (Lipinski definition) is 3. The first-order valence-corrected chi connectivity index (χ1v) is 9.29. The molecule has 3 rings (SSSR count). The SMILES string of the molecule is CC(NC(=O)c1cncc(NCCc2cccc(Cl)c2)c1)c1ccccc1. The van der Waals surface area contributed by atoms with Crippen LogP contribution in [0.5, 0.6) is 0 Å². The molecule has 0 saturated heterocycles. The fourth-order valence-electron chi connectivity index (χ4n) is 2.81. The highest BCUT2D eigenvalue weighted by Crippen LogP contribution is 2.15. The van der Waals surface area contributed by atoms with Crippen molar-refractivity contribution in [3.8, 4) is 0 Å². The van der Waals surface area contributed by atoms with Crippen LogP contribution in [0.3, 0.4) is 0 Å². The van der Waals surface area contributed by atoms with E-state index in [9.17, 15) is 4.79 Å². The third-order valence-electron chi connectivity index (χ3n) is 4.28. The van der Waals surface area contributed by atoms with Crippen molar-refractivity contribution >= 4 is 23.2 Å². The lowest BCUT2D eigenvalue weighted by atomic mass is 10.1. The largest absolute Gasteiger partial charge is 0.383 e. The number of benzene rings is 2. The van der Waals surface area contributed by atoms with Gasteiger partial charge in [0.15, 0.2) is 0 Å². The van der Waals surface area contributed by atoms with Gasteiger partial charge in [-0.05, 0) is 42.7 Å². The third-order valence-corrected chi connectivity index (χ3v) is 4.51. The normalized spacial score (nSPS) is 11.6. The molecule has 0 aliphatic rings. The molecule has 1 atom stereocenters. The summed E-state index contributed by atoms with van der Waals surface area (Å²) in [5.41, 5.74) is 3.57. The fourth-order valence-corrected chi connectivity index (χ4v) is 3.02. The van der Waals surface area contributed by atoms with Crippen molar-refractivity contribution in [2.75, 3.05) is 11.9 Å². The highest BCUT2D eigenvalue weighted by molar-refractivity contribution is 6.30. The second-order valence-corrected chi connectivity index (χ2v) is 6.81. The van der Waals surface area contributed by atoms with Crippen LogP contribution >= 0.6 is 11.6 Å². The molecule has 0 bridgehead atoms. The summed E-state index contributed by atoms with van der Waals surface area (Å²) in [4.78, 5) is 16.7. The van der Waals surface area contributed by atoms with Crippen molar-refractivity contribution in [2.45, 2.75) is 19.4 Å². The van der Waals surface area contributed by atoms with E-state index in [1.54, 1.807) is 12.4 Å². The quantitative estimate of drug-likeness (QED) is 0.615. The topological polar surface area (TPSA) is 54.0 Å². The summed E-state index contributed by atoms with van der Waals surface area (Å²) in [6.07, 6.45) is 4.13. The van der Waals surface area contributed by atoms with E-state index in [0.717, 1.165) is 34.8 Å². The van der Waals surface area contributed by atoms with Crippen LogP contribution in [-0.4, -0.2) is 17.4 Å². The summed E-state index contributed by atoms with van der Waals surface area (Å²) in [6, 6.07) is 19.4. The number of pyridine rings is 1. The van der Waals surface area contributed by atoms with Crippen molar-refractivity contribution in [3.63, 3.8) is 0 Å². The van der Waals surface area contributed by atoms with Crippen molar-refractivity contribution in [3.05, 3.63) is 94.8 Å². The summed E-state index contributed by atoms with van der Waals surface area (Å²) in [5.74, 6) is -0.141. The maximum absolute atomic E-state index is 12.5. The molecule has 1 aromatic heterocycles. The number of nitrogens with one attached hydrogen (secondary N) is 2. The number of carbonyl (C=O) groups is 1. The minimum Gasteiger partial charge on any atom is -0.383 e. The van der Waals surface area contributed by atoms with Crippen LogP contribution in [0, 0.1) is 0 Å². The molecular weight excluding hydrogens is 358 g/mol. The average molecular weight is 380 g/mol. The zero-order chi connectivity index (χ0) is 19.1. The Morgan fingerprint density at radius 2 is 1.89 bits per heavy atom. The van der Waals surface area contributed by atoms with Gasteiger partial charge in [-0.2, -0.15) is 0 Å². The van der Waals surface area contributed by atoms with Crippen LogP contribution in [0.1, 0.15) is 34.5 Å². The van der Waals surface area contributed by atoms with Gasteiger partial charge in [0, 0.05) is 24.0 Å². The number of aromatic nitrogens is 1. The highest BCUT2D eigenvalue weighted by Gasteiger charge is 2.12. The number of halogens is 1. The van der Waals surface area contributed by atoms with Crippen LogP contribution in [0.2, 0.25) is 5.02 Å². The second kappa shape index (κ2) is 9.19. The lowest BCUT2D eigenvalue weighted by Crippen LogP contribution is -2.26. The maximum atomic E-state index is 12.5. The van der Waals surface area contributed by atoms with Crippen LogP contribution < -0.4 is 10.6 Å². The summed E-state index contributed by atoms with van der Waals surface area (Å²) >= 11 is 6.01. The molecular formula is C22H22ClN3O. The zero-order valence-corrected chi connectivity index (χ0v) is 15.9. The molecule has 0 saturated carbocycles. The van der Waals surface area contributed by atoms with Crippen molar-refractivity contribution in [1.29, 1.82) is 0 Å². The second-order valence-electron chi connectivity index (χ2n) is 6.37. The van der Waals surface area contributed by atoms with Gasteiger partial charge in [0.25, 0.3) is 5.91 Å². The molecule has 0 radical (unpaired) electrons. The number of amides is 1. The Hall–Kier alpha value is -2.85. The first kappa shape index (κ1) is 18.9. The van der Waals surface area contributed by atoms with E-state index in [1.807, 2.05) is 67.6 Å². The molecule has 4 nitrogen and oxygen atoms in total. The fraction of sp³-hybridized carbons (Fsp3) is 0.182. The van der Waals surface area contributed by atoms with Gasteiger partial charge in [0.05, 0.1) is 17.3 Å². The van der Waals surface area contributed by atoms with Gasteiger partial charge in [-0.1, -0.05) is 54.1 Å². The van der Waals surface area contributed by atoms with Gasteiger partial charge in [-0.25, -0.2) is 0 Å². The molecule has 0 aliphatic carbocycles. The molecule has 2 N–H and O–H groups in total. The standard InChI is InChI=1S/C22H22ClN3O/c1-16(18-7-3-2-4-8-18)26-22(27)19-13-21(15-24-14-19)25-11-10-17-6-5-9-20(23)12-17/h2-9,12-16,25H,10-11H2,1H3,(H,26,27). The Balaban J connectivity index is 1.57. The number of hydrogen-bond donors (Lipinski definition) is 2. The van der Waals surface area contributed by atoms with Crippen LogP contribution in [0.25, 0.3) is 0 Å². The minimum absolute atomic E-state index is 0.0712. The van der Waals surface area contributed by atoms with E-state index >= 15 is 0 Å². The number of anilines is 1. The van der Waals surface area contributed by atoms with Gasteiger partial charge < -0.3 is 10.6 Å². The zero-order valence-electron chi connectivity index (χ0n) is 15.2. The monoisotopic (exact) mass is 379 g/mol. The summed E-state index contributed by atoms with van der Waals surface area (Å²) < 4.78 is 0. The Kier molecular flexibility index (Phi) is 6.44. The lowest BCUT2D eigenvalue weighted by Gasteiger charge is -2.14. The van der Waals surface area contributed by atoms with E-state index in [4.69, 9.17) is 11.6 Å². The summed E-state index contributed by atoms with van der Waals surface area (Å²) in [6.45, 7) is 2.70. The Labute approximate surface area is 164 Å². The molecule has 1 amide bonds. The molecule has 138 valence electrons. The molecule has 3 aromatic rings. The lowest BCUT2D eigenvalue weighted by molar-refractivity contribution is 0.0939. The van der Waals surface area contributed by atoms with E-state index < -0.39 is 0 Å². The van der Waals surface area contributed by atoms with E-state index in [1.165, 1.54) is 0 Å². The predicted molar refractivity (Wildman–Crippen MR) is 110 cm³/mol. The number of carbonyl (C=O) groups excluding carboxylic acids is 1. The van der Waals surface area contributed by atoms with E-state index in [2.05, 4.69) is 15.6 Å². The van der Waals surface area contributed by atoms with Crippen LogP contribution in [0.15, 0.2) is 73.1 Å². The minimum atomic E-state index is -0.141. The van der Waals surface area contributed by atoms with Gasteiger partial charge in [-0.3, -0.25) is 9.78 Å². The summed E-state index contributed by atoms with van der Waals surface area (Å²) in [7, 11) is 0. The average Bonchev–Trinajstić information content (AvgIpc) is 2.69. The molecule has 0 aliphatic heterocycles. The third kappa shape index (κ3) is 5.56. The Bertz CT molecular complexity index is 899. The molecule has 0 spiro atoms. The van der Waals surface area contributed by atoms with Gasteiger partial charge in [-0.15, -0.1) is 0 Å². The maximum Gasteiger partial charge on any atom is 0.253 e. The Morgan fingerprint density at radius 3 is 2.67 bits per heavy atom. The van der Waals surface area contributed by atoms with Crippen molar-refractivity contribution in [2.24, 2.45) is 0 Å². The first-order chi connectivity index (χ1) is 13.1. The van der Waals surface area contributed by atoms with E-state index in [-0.39, 0.29) is 11.9 Å². The molecule has 0 fully saturated rings. The predicted octanol–water partition coefficient (Wildman–Crippen LogP) is 4.88. The molecule has 27 heavy (non-hydrogen) atoms. The van der Waals surface area contributed by atoms with Gasteiger partial charge in [0.1, 0.15) is 0 Å². The highest BCUT2D eigenvalue weighted by atomic mass is 35.5. The molecule has 1 unspecified atom stereocenters. The molecule has 2 aromatic carbocycles. The Morgan fingerprint density at radius 1 is 1.07 bits per heavy atom. The smallest absolute Gasteiger partial charge is 0.253 e. The number of rotatable bonds is 7.